The van der Waals surface area contributed by atoms with E-state index in [9.17, 15) is 4.79 Å². The van der Waals surface area contributed by atoms with Gasteiger partial charge in [0.25, 0.3) is 0 Å². The Kier molecular flexibility index (Phi) is 4.07. The Hall–Kier alpha value is -2.31. The summed E-state index contributed by atoms with van der Waals surface area (Å²) in [6.45, 7) is 5.87. The Morgan fingerprint density at radius 2 is 2.30 bits per heavy atom. The van der Waals surface area contributed by atoms with Gasteiger partial charge in [-0.2, -0.15) is 5.10 Å². The number of anilines is 1. The molecule has 0 radical (unpaired) electrons. The Balaban J connectivity index is 2.01. The van der Waals surface area contributed by atoms with E-state index in [2.05, 4.69) is 20.4 Å². The van der Waals surface area contributed by atoms with E-state index in [1.54, 1.807) is 12.3 Å². The van der Waals surface area contributed by atoms with Gasteiger partial charge in [-0.3, -0.25) is 4.79 Å². The minimum absolute atomic E-state index is 0.107. The van der Waals surface area contributed by atoms with Gasteiger partial charge in [-0.25, -0.2) is 9.67 Å². The molecule has 7 nitrogen and oxygen atoms in total. The number of hydrogen-bond acceptors (Lipinski definition) is 4. The number of amides is 1. The summed E-state index contributed by atoms with van der Waals surface area (Å²) in [5, 5.41) is 7.10. The van der Waals surface area contributed by atoms with Crippen LogP contribution in [-0.4, -0.2) is 25.7 Å². The second kappa shape index (κ2) is 5.77. The van der Waals surface area contributed by atoms with Gasteiger partial charge in [-0.05, 0) is 20.3 Å². The standard InChI is InChI=1S/C13H20N6O/c1-4-10(13-15-6-9(3)16-13)17-12(20)7-19-11(14)5-8(2)18-19/h5-6,10H,4,7,14H2,1-3H3,(H,15,16)(H,17,20)/t10-/m0/s1. The van der Waals surface area contributed by atoms with E-state index in [1.807, 2.05) is 20.8 Å². The molecule has 4 N–H and O–H groups in total. The number of nitrogens with zero attached hydrogens (tertiary/aromatic N) is 3. The van der Waals surface area contributed by atoms with Gasteiger partial charge in [0.1, 0.15) is 18.2 Å². The van der Waals surface area contributed by atoms with E-state index in [-0.39, 0.29) is 18.5 Å². The molecule has 1 atom stereocenters. The van der Waals surface area contributed by atoms with Crippen molar-refractivity contribution in [2.24, 2.45) is 0 Å². The van der Waals surface area contributed by atoms with Crippen molar-refractivity contribution in [3.63, 3.8) is 0 Å². The zero-order valence-electron chi connectivity index (χ0n) is 12.0. The SMILES string of the molecule is CC[C@H](NC(=O)Cn1nc(C)cc1N)c1ncc(C)[nH]1. The summed E-state index contributed by atoms with van der Waals surface area (Å²) in [5.41, 5.74) is 7.54. The number of nitrogen functional groups attached to an aromatic ring is 1. The molecule has 0 saturated carbocycles. The third kappa shape index (κ3) is 3.17. The minimum atomic E-state index is -0.138. The molecule has 0 aliphatic carbocycles. The number of aryl methyl sites for hydroxylation is 2. The molecule has 2 aromatic rings. The van der Waals surface area contributed by atoms with Gasteiger partial charge in [0.15, 0.2) is 0 Å². The highest BCUT2D eigenvalue weighted by Gasteiger charge is 2.16. The second-order valence-electron chi connectivity index (χ2n) is 4.85. The molecule has 7 heteroatoms. The Morgan fingerprint density at radius 3 is 2.80 bits per heavy atom. The van der Waals surface area contributed by atoms with Crippen LogP contribution in [-0.2, 0) is 11.3 Å². The van der Waals surface area contributed by atoms with Gasteiger partial charge in [-0.15, -0.1) is 0 Å². The zero-order valence-corrected chi connectivity index (χ0v) is 12.0. The molecule has 0 spiro atoms. The van der Waals surface area contributed by atoms with Crippen molar-refractivity contribution in [1.29, 1.82) is 0 Å². The zero-order chi connectivity index (χ0) is 14.7. The fraction of sp³-hybridized carbons (Fsp3) is 0.462. The van der Waals surface area contributed by atoms with Crippen LogP contribution in [0.25, 0.3) is 0 Å². The molecule has 0 unspecified atom stereocenters. The van der Waals surface area contributed by atoms with Crippen LogP contribution < -0.4 is 11.1 Å². The number of aromatic amines is 1. The molecule has 20 heavy (non-hydrogen) atoms. The van der Waals surface area contributed by atoms with Crippen molar-refractivity contribution in [2.75, 3.05) is 5.73 Å². The van der Waals surface area contributed by atoms with Gasteiger partial charge < -0.3 is 16.0 Å². The summed E-state index contributed by atoms with van der Waals surface area (Å²) in [6, 6.07) is 1.61. The highest BCUT2D eigenvalue weighted by atomic mass is 16.2. The van der Waals surface area contributed by atoms with E-state index >= 15 is 0 Å². The fourth-order valence-corrected chi connectivity index (χ4v) is 2.04. The van der Waals surface area contributed by atoms with Crippen LogP contribution in [0.2, 0.25) is 0 Å². The molecule has 2 heterocycles. The molecule has 2 aromatic heterocycles. The Morgan fingerprint density at radius 1 is 1.55 bits per heavy atom. The molecule has 0 aromatic carbocycles. The maximum atomic E-state index is 12.1. The van der Waals surface area contributed by atoms with Gasteiger partial charge in [0.05, 0.1) is 11.7 Å². The Bertz CT molecular complexity index is 600. The van der Waals surface area contributed by atoms with Crippen LogP contribution in [0.3, 0.4) is 0 Å². The number of nitrogens with two attached hydrogens (primary N) is 1. The van der Waals surface area contributed by atoms with E-state index in [1.165, 1.54) is 4.68 Å². The monoisotopic (exact) mass is 276 g/mol. The van der Waals surface area contributed by atoms with Crippen molar-refractivity contribution in [3.05, 3.63) is 29.5 Å². The highest BCUT2D eigenvalue weighted by Crippen LogP contribution is 2.13. The first kappa shape index (κ1) is 14.1. The van der Waals surface area contributed by atoms with E-state index in [4.69, 9.17) is 5.73 Å². The van der Waals surface area contributed by atoms with Gasteiger partial charge >= 0.3 is 0 Å². The summed E-state index contributed by atoms with van der Waals surface area (Å²) < 4.78 is 1.49. The second-order valence-corrected chi connectivity index (χ2v) is 4.85. The predicted octanol–water partition coefficient (Wildman–Crippen LogP) is 1.07. The molecule has 0 aliphatic heterocycles. The van der Waals surface area contributed by atoms with Crippen LogP contribution in [0.4, 0.5) is 5.82 Å². The van der Waals surface area contributed by atoms with Crippen LogP contribution in [0.15, 0.2) is 12.3 Å². The minimum Gasteiger partial charge on any atom is -0.384 e. The summed E-state index contributed by atoms with van der Waals surface area (Å²) in [6.07, 6.45) is 2.51. The topological polar surface area (TPSA) is 102 Å². The number of H-pyrrole nitrogens is 1. The lowest BCUT2D eigenvalue weighted by molar-refractivity contribution is -0.122. The number of carbonyl (C=O) groups excluding carboxylic acids is 1. The van der Waals surface area contributed by atoms with Crippen molar-refractivity contribution in [3.8, 4) is 0 Å². The van der Waals surface area contributed by atoms with Crippen LogP contribution >= 0.6 is 0 Å². The van der Waals surface area contributed by atoms with Gasteiger partial charge in [0.2, 0.25) is 5.91 Å². The molecular weight excluding hydrogens is 256 g/mol. The van der Waals surface area contributed by atoms with Crippen LogP contribution in [0, 0.1) is 13.8 Å². The van der Waals surface area contributed by atoms with E-state index in [0.717, 1.165) is 23.6 Å². The maximum absolute atomic E-state index is 12.1. The first-order valence-corrected chi connectivity index (χ1v) is 6.60. The highest BCUT2D eigenvalue weighted by molar-refractivity contribution is 5.76. The van der Waals surface area contributed by atoms with Gasteiger partial charge in [-0.1, -0.05) is 6.92 Å². The molecule has 0 aliphatic rings. The molecule has 0 saturated heterocycles. The third-order valence-corrected chi connectivity index (χ3v) is 3.02. The quantitative estimate of drug-likeness (QED) is 0.760. The predicted molar refractivity (Wildman–Crippen MR) is 75.9 cm³/mol. The smallest absolute Gasteiger partial charge is 0.242 e. The first-order valence-electron chi connectivity index (χ1n) is 6.60. The lowest BCUT2D eigenvalue weighted by Crippen LogP contribution is -2.32. The number of rotatable bonds is 5. The molecule has 2 rings (SSSR count). The lowest BCUT2D eigenvalue weighted by atomic mass is 10.2. The van der Waals surface area contributed by atoms with E-state index < -0.39 is 0 Å². The largest absolute Gasteiger partial charge is 0.384 e. The summed E-state index contributed by atoms with van der Waals surface area (Å²) in [7, 11) is 0. The number of hydrogen-bond donors (Lipinski definition) is 3. The van der Waals surface area contributed by atoms with Crippen molar-refractivity contribution >= 4 is 11.7 Å². The Labute approximate surface area is 117 Å². The maximum Gasteiger partial charge on any atom is 0.242 e. The third-order valence-electron chi connectivity index (χ3n) is 3.02. The average Bonchev–Trinajstić information content (AvgIpc) is 2.93. The summed E-state index contributed by atoms with van der Waals surface area (Å²) in [4.78, 5) is 19.4. The van der Waals surface area contributed by atoms with Gasteiger partial charge in [0, 0.05) is 18.0 Å². The molecule has 108 valence electrons. The number of aromatic nitrogens is 4. The van der Waals surface area contributed by atoms with Crippen molar-refractivity contribution in [1.82, 2.24) is 25.1 Å². The summed E-state index contributed by atoms with van der Waals surface area (Å²) in [5.74, 6) is 1.11. The van der Waals surface area contributed by atoms with Crippen molar-refractivity contribution < 1.29 is 4.79 Å². The summed E-state index contributed by atoms with van der Waals surface area (Å²) >= 11 is 0. The number of imidazole rings is 1. The average molecular weight is 276 g/mol. The molecule has 0 fully saturated rings. The molecule has 1 amide bonds. The number of nitrogens with one attached hydrogen (secondary N) is 2. The molecular formula is C13H20N6O. The normalized spacial score (nSPS) is 12.3. The van der Waals surface area contributed by atoms with E-state index in [0.29, 0.717) is 5.82 Å². The fourth-order valence-electron chi connectivity index (χ4n) is 2.04. The lowest BCUT2D eigenvalue weighted by Gasteiger charge is -2.15. The molecule has 0 bridgehead atoms. The first-order chi connectivity index (χ1) is 9.49. The number of carbonyl (C=O) groups is 1. The van der Waals surface area contributed by atoms with Crippen LogP contribution in [0.5, 0.6) is 0 Å². The van der Waals surface area contributed by atoms with Crippen molar-refractivity contribution in [2.45, 2.75) is 39.8 Å². The van der Waals surface area contributed by atoms with Crippen LogP contribution in [0.1, 0.15) is 36.6 Å².